The molecule has 8 aromatic rings. The lowest BCUT2D eigenvalue weighted by atomic mass is 9.89. The van der Waals surface area contributed by atoms with Gasteiger partial charge < -0.3 is 14.3 Å². The Bertz CT molecular complexity index is 2920. The summed E-state index contributed by atoms with van der Waals surface area (Å²) in [6.07, 6.45) is 19.0. The Morgan fingerprint density at radius 3 is 2.39 bits per heavy atom. The first-order chi connectivity index (χ1) is 27.7. The Hall–Kier alpha value is -6.62. The molecule has 2 aromatic heterocycles. The standard InChI is InChI=1S/C52H41N3O/c1-3-14-34(15-4-1)46-33-47(35-16-5-2-6-17-35)54-52(53-46)39-20-11-18-36(30-39)37-28-29-49-45(32-37)42-22-7-9-26-48(42)55(49)40-21-12-19-38(31-40)41-24-13-25-44-43-23-8-10-27-50(43)56-51(41)44/h1-8,10-16,18-25,27-33,35,47,52-54H,9,17,26H2. The van der Waals surface area contributed by atoms with Crippen molar-refractivity contribution in [3.63, 3.8) is 0 Å². The first kappa shape index (κ1) is 32.8. The van der Waals surface area contributed by atoms with Gasteiger partial charge in [-0.2, -0.15) is 0 Å². The molecule has 0 saturated carbocycles. The van der Waals surface area contributed by atoms with Crippen molar-refractivity contribution in [2.24, 2.45) is 5.92 Å². The zero-order valence-corrected chi connectivity index (χ0v) is 31.0. The summed E-state index contributed by atoms with van der Waals surface area (Å²) in [5, 5.41) is 11.4. The zero-order valence-electron chi connectivity index (χ0n) is 31.0. The summed E-state index contributed by atoms with van der Waals surface area (Å²) in [6, 6.07) is 50.7. The van der Waals surface area contributed by atoms with Crippen molar-refractivity contribution < 1.29 is 4.42 Å². The highest BCUT2D eigenvalue weighted by molar-refractivity contribution is 6.09. The predicted octanol–water partition coefficient (Wildman–Crippen LogP) is 12.6. The first-order valence-electron chi connectivity index (χ1n) is 19.8. The normalized spacial score (nSPS) is 19.0. The van der Waals surface area contributed by atoms with E-state index in [1.165, 1.54) is 55.8 Å². The average Bonchev–Trinajstić information content (AvgIpc) is 3.83. The number of benzene rings is 6. The third-order valence-corrected chi connectivity index (χ3v) is 11.9. The summed E-state index contributed by atoms with van der Waals surface area (Å²) in [5.41, 5.74) is 15.2. The minimum Gasteiger partial charge on any atom is -0.455 e. The molecule has 1 aliphatic heterocycles. The van der Waals surface area contributed by atoms with Crippen LogP contribution in [0.4, 0.5) is 0 Å². The van der Waals surface area contributed by atoms with Crippen molar-refractivity contribution in [1.82, 2.24) is 15.2 Å². The number of aromatic nitrogens is 1. The summed E-state index contributed by atoms with van der Waals surface area (Å²) in [4.78, 5) is 0. The lowest BCUT2D eigenvalue weighted by Crippen LogP contribution is -2.46. The maximum Gasteiger partial charge on any atom is 0.143 e. The molecule has 6 aromatic carbocycles. The van der Waals surface area contributed by atoms with Crippen LogP contribution in [0.3, 0.4) is 0 Å². The Kier molecular flexibility index (Phi) is 7.96. The second kappa shape index (κ2) is 13.6. The van der Waals surface area contributed by atoms with E-state index < -0.39 is 0 Å². The van der Waals surface area contributed by atoms with Crippen LogP contribution in [0.25, 0.3) is 72.6 Å². The molecular weight excluding hydrogens is 683 g/mol. The van der Waals surface area contributed by atoms with Gasteiger partial charge in [0.05, 0.1) is 5.52 Å². The number of hydrogen-bond acceptors (Lipinski definition) is 3. The highest BCUT2D eigenvalue weighted by Gasteiger charge is 2.28. The molecule has 2 N–H and O–H groups in total. The van der Waals surface area contributed by atoms with Crippen molar-refractivity contribution in [3.05, 3.63) is 198 Å². The van der Waals surface area contributed by atoms with Crippen LogP contribution >= 0.6 is 0 Å². The predicted molar refractivity (Wildman–Crippen MR) is 232 cm³/mol. The molecule has 4 nitrogen and oxygen atoms in total. The number of para-hydroxylation sites is 2. The largest absolute Gasteiger partial charge is 0.455 e. The van der Waals surface area contributed by atoms with Gasteiger partial charge in [-0.3, -0.25) is 5.32 Å². The number of allylic oxidation sites excluding steroid dienone is 4. The molecule has 0 bridgehead atoms. The number of hydrogen-bond donors (Lipinski definition) is 2. The number of furan rings is 1. The molecule has 11 rings (SSSR count). The van der Waals surface area contributed by atoms with E-state index >= 15 is 0 Å². The number of nitrogens with one attached hydrogen (secondary N) is 2. The van der Waals surface area contributed by atoms with Crippen LogP contribution in [-0.4, -0.2) is 10.6 Å². The average molecular weight is 724 g/mol. The van der Waals surface area contributed by atoms with Crippen molar-refractivity contribution in [1.29, 1.82) is 0 Å². The number of nitrogens with zero attached hydrogens (tertiary/aromatic N) is 1. The van der Waals surface area contributed by atoms with Gasteiger partial charge in [-0.05, 0) is 95.5 Å². The van der Waals surface area contributed by atoms with Crippen LogP contribution in [0.15, 0.2) is 180 Å². The van der Waals surface area contributed by atoms with Gasteiger partial charge in [0.1, 0.15) is 17.3 Å². The molecule has 270 valence electrons. The SMILES string of the molecule is C1=CCC(C2C=C(c3ccccc3)NC(c3cccc(-c4ccc5c(c4)c4c(n5-c5cccc(-c6cccc7c6oc6ccccc67)c5)CCC=C4)c3)N2)C=C1. The van der Waals surface area contributed by atoms with Crippen molar-refractivity contribution >= 4 is 44.6 Å². The number of fused-ring (bicyclic) bond motifs is 6. The Morgan fingerprint density at radius 2 is 1.46 bits per heavy atom. The summed E-state index contributed by atoms with van der Waals surface area (Å²) in [7, 11) is 0. The summed E-state index contributed by atoms with van der Waals surface area (Å²) in [6.45, 7) is 0. The first-order valence-corrected chi connectivity index (χ1v) is 19.8. The Morgan fingerprint density at radius 1 is 0.643 bits per heavy atom. The molecule has 0 fully saturated rings. The minimum atomic E-state index is -0.0299. The van der Waals surface area contributed by atoms with Gasteiger partial charge in [0.15, 0.2) is 0 Å². The molecule has 56 heavy (non-hydrogen) atoms. The van der Waals surface area contributed by atoms with Crippen LogP contribution in [0.1, 0.15) is 41.4 Å². The second-order valence-corrected chi connectivity index (χ2v) is 15.3. The van der Waals surface area contributed by atoms with Crippen LogP contribution in [0.5, 0.6) is 0 Å². The quantitative estimate of drug-likeness (QED) is 0.179. The van der Waals surface area contributed by atoms with Gasteiger partial charge in [0.25, 0.3) is 0 Å². The van der Waals surface area contributed by atoms with Gasteiger partial charge in [0.2, 0.25) is 0 Å². The van der Waals surface area contributed by atoms with E-state index in [-0.39, 0.29) is 12.2 Å². The van der Waals surface area contributed by atoms with Crippen LogP contribution in [0.2, 0.25) is 0 Å². The fraction of sp³-hybridized carbons (Fsp3) is 0.115. The third kappa shape index (κ3) is 5.64. The topological polar surface area (TPSA) is 42.1 Å². The fourth-order valence-electron chi connectivity index (χ4n) is 9.14. The van der Waals surface area contributed by atoms with E-state index in [1.54, 1.807) is 0 Å². The maximum absolute atomic E-state index is 6.46. The smallest absolute Gasteiger partial charge is 0.143 e. The maximum atomic E-state index is 6.46. The zero-order chi connectivity index (χ0) is 37.0. The van der Waals surface area contributed by atoms with E-state index in [0.717, 1.165) is 52.3 Å². The van der Waals surface area contributed by atoms with Crippen LogP contribution in [-0.2, 0) is 6.42 Å². The van der Waals surface area contributed by atoms with Crippen LogP contribution < -0.4 is 10.6 Å². The van der Waals surface area contributed by atoms with Gasteiger partial charge in [0, 0.05) is 50.4 Å². The van der Waals surface area contributed by atoms with Crippen molar-refractivity contribution in [3.8, 4) is 27.9 Å². The lowest BCUT2D eigenvalue weighted by Gasteiger charge is -2.36. The van der Waals surface area contributed by atoms with E-state index in [9.17, 15) is 0 Å². The van der Waals surface area contributed by atoms with Gasteiger partial charge in [-0.25, -0.2) is 0 Å². The lowest BCUT2D eigenvalue weighted by molar-refractivity contribution is 0.377. The second-order valence-electron chi connectivity index (χ2n) is 15.3. The molecule has 0 spiro atoms. The molecule has 3 aliphatic rings. The molecule has 0 saturated heterocycles. The molecule has 0 radical (unpaired) electrons. The van der Waals surface area contributed by atoms with Crippen molar-refractivity contribution in [2.45, 2.75) is 31.5 Å². The Labute approximate surface area is 326 Å². The molecule has 3 heterocycles. The van der Waals surface area contributed by atoms with Gasteiger partial charge >= 0.3 is 0 Å². The van der Waals surface area contributed by atoms with E-state index in [1.807, 2.05) is 6.07 Å². The molecule has 2 aliphatic carbocycles. The van der Waals surface area contributed by atoms with E-state index in [0.29, 0.717) is 5.92 Å². The minimum absolute atomic E-state index is 0.0299. The molecule has 3 atom stereocenters. The van der Waals surface area contributed by atoms with E-state index in [2.05, 4.69) is 191 Å². The monoisotopic (exact) mass is 723 g/mol. The van der Waals surface area contributed by atoms with E-state index in [4.69, 9.17) is 4.42 Å². The van der Waals surface area contributed by atoms with Crippen molar-refractivity contribution in [2.75, 3.05) is 0 Å². The molecule has 4 heteroatoms. The summed E-state index contributed by atoms with van der Waals surface area (Å²) < 4.78 is 8.94. The van der Waals surface area contributed by atoms with Crippen LogP contribution in [0, 0.1) is 5.92 Å². The Balaban J connectivity index is 0.966. The molecule has 3 unspecified atom stereocenters. The highest BCUT2D eigenvalue weighted by Crippen LogP contribution is 2.40. The third-order valence-electron chi connectivity index (χ3n) is 11.9. The highest BCUT2D eigenvalue weighted by atomic mass is 16.3. The molecular formula is C52H41N3O. The summed E-state index contributed by atoms with van der Waals surface area (Å²) >= 11 is 0. The number of rotatable bonds is 6. The molecule has 0 amide bonds. The summed E-state index contributed by atoms with van der Waals surface area (Å²) in [5.74, 6) is 0.400. The van der Waals surface area contributed by atoms with Gasteiger partial charge in [-0.15, -0.1) is 0 Å². The fourth-order valence-corrected chi connectivity index (χ4v) is 9.14. The van der Waals surface area contributed by atoms with Gasteiger partial charge in [-0.1, -0.05) is 140 Å².